The van der Waals surface area contributed by atoms with Crippen molar-refractivity contribution in [2.45, 2.75) is 40.0 Å². The van der Waals surface area contributed by atoms with E-state index >= 15 is 0 Å². The predicted molar refractivity (Wildman–Crippen MR) is 107 cm³/mol. The fourth-order valence-electron chi connectivity index (χ4n) is 3.54. The maximum Gasteiger partial charge on any atom is 0.290 e. The summed E-state index contributed by atoms with van der Waals surface area (Å²) in [6.07, 6.45) is 1.84. The van der Waals surface area contributed by atoms with Gasteiger partial charge in [-0.2, -0.15) is 5.10 Å². The Balaban J connectivity index is 1.37. The zero-order valence-corrected chi connectivity index (χ0v) is 16.6. The first-order valence-electron chi connectivity index (χ1n) is 9.66. The van der Waals surface area contributed by atoms with E-state index in [-0.39, 0.29) is 24.9 Å². The van der Waals surface area contributed by atoms with Gasteiger partial charge in [0, 0.05) is 31.5 Å². The molecule has 1 N–H and O–H groups in total. The number of hydrogen-bond donors (Lipinski definition) is 1. The first-order valence-corrected chi connectivity index (χ1v) is 9.66. The number of aryl methyl sites for hydroxylation is 2. The Kier molecular flexibility index (Phi) is 5.16. The number of fused-ring (bicyclic) bond motifs is 1. The molecule has 0 saturated heterocycles. The van der Waals surface area contributed by atoms with Gasteiger partial charge < -0.3 is 14.8 Å². The summed E-state index contributed by atoms with van der Waals surface area (Å²) in [7, 11) is 0. The van der Waals surface area contributed by atoms with Crippen molar-refractivity contribution in [2.75, 3.05) is 6.54 Å². The van der Waals surface area contributed by atoms with Crippen molar-refractivity contribution >= 4 is 11.8 Å². The van der Waals surface area contributed by atoms with Crippen LogP contribution in [-0.4, -0.2) is 42.6 Å². The van der Waals surface area contributed by atoms with E-state index in [4.69, 9.17) is 0 Å². The van der Waals surface area contributed by atoms with Crippen molar-refractivity contribution in [2.24, 2.45) is 0 Å². The monoisotopic (exact) mass is 392 g/mol. The summed E-state index contributed by atoms with van der Waals surface area (Å²) in [6.45, 7) is 6.17. The number of carbonyl (C=O) groups excluding carboxylic acids is 2. The standard InChI is InChI=1S/C21H24N6O2/c1-15-10-16(2)27(24-15)14-19(28)22-11-18-13-25-8-9-26(21(29)20(25)23-18)12-17-6-4-3-5-7-17/h3-7,10,13H,8-9,11-12,14H2,1-2H3,(H,22,28). The molecule has 0 spiro atoms. The smallest absolute Gasteiger partial charge is 0.290 e. The molecule has 3 aromatic rings. The first-order chi connectivity index (χ1) is 14.0. The molecule has 1 aromatic carbocycles. The zero-order chi connectivity index (χ0) is 20.4. The van der Waals surface area contributed by atoms with E-state index in [1.165, 1.54) is 0 Å². The van der Waals surface area contributed by atoms with Crippen LogP contribution in [0.3, 0.4) is 0 Å². The molecule has 150 valence electrons. The minimum atomic E-state index is -0.140. The summed E-state index contributed by atoms with van der Waals surface area (Å²) in [5.41, 5.74) is 3.60. The fraction of sp³-hybridized carbons (Fsp3) is 0.333. The number of hydrogen-bond acceptors (Lipinski definition) is 4. The number of imidazole rings is 1. The Morgan fingerprint density at radius 2 is 1.97 bits per heavy atom. The zero-order valence-electron chi connectivity index (χ0n) is 16.6. The number of nitrogens with zero attached hydrogens (tertiary/aromatic N) is 5. The maximum atomic E-state index is 12.8. The molecule has 0 unspecified atom stereocenters. The van der Waals surface area contributed by atoms with Gasteiger partial charge in [-0.1, -0.05) is 30.3 Å². The van der Waals surface area contributed by atoms with E-state index in [1.54, 1.807) is 4.68 Å². The highest BCUT2D eigenvalue weighted by atomic mass is 16.2. The number of rotatable bonds is 6. The van der Waals surface area contributed by atoms with E-state index in [0.29, 0.717) is 31.2 Å². The molecule has 8 nitrogen and oxygen atoms in total. The highest BCUT2D eigenvalue weighted by Crippen LogP contribution is 2.16. The molecular weight excluding hydrogens is 368 g/mol. The largest absolute Gasteiger partial charge is 0.349 e. The molecule has 0 fully saturated rings. The number of amides is 2. The Hall–Kier alpha value is -3.42. The third-order valence-corrected chi connectivity index (χ3v) is 5.00. The van der Waals surface area contributed by atoms with Crippen LogP contribution >= 0.6 is 0 Å². The van der Waals surface area contributed by atoms with Gasteiger partial charge in [-0.05, 0) is 25.5 Å². The molecule has 8 heteroatoms. The van der Waals surface area contributed by atoms with Crippen molar-refractivity contribution in [3.63, 3.8) is 0 Å². The molecule has 0 atom stereocenters. The summed E-state index contributed by atoms with van der Waals surface area (Å²) in [5, 5.41) is 7.16. The third kappa shape index (κ3) is 4.21. The van der Waals surface area contributed by atoms with Gasteiger partial charge in [0.25, 0.3) is 5.91 Å². The van der Waals surface area contributed by atoms with Gasteiger partial charge in [-0.15, -0.1) is 0 Å². The average Bonchev–Trinajstić information content (AvgIpc) is 3.26. The lowest BCUT2D eigenvalue weighted by molar-refractivity contribution is -0.122. The van der Waals surface area contributed by atoms with E-state index in [2.05, 4.69) is 15.4 Å². The van der Waals surface area contributed by atoms with Gasteiger partial charge in [-0.3, -0.25) is 14.3 Å². The average molecular weight is 392 g/mol. The van der Waals surface area contributed by atoms with Crippen molar-refractivity contribution in [3.8, 4) is 0 Å². The van der Waals surface area contributed by atoms with E-state index < -0.39 is 0 Å². The second-order valence-electron chi connectivity index (χ2n) is 7.32. The van der Waals surface area contributed by atoms with Crippen LogP contribution in [-0.2, 0) is 31.0 Å². The number of aromatic nitrogens is 4. The normalized spacial score (nSPS) is 13.4. The summed E-state index contributed by atoms with van der Waals surface area (Å²) in [4.78, 5) is 31.3. The minimum absolute atomic E-state index is 0.0830. The Morgan fingerprint density at radius 1 is 1.17 bits per heavy atom. The van der Waals surface area contributed by atoms with Gasteiger partial charge in [0.15, 0.2) is 5.82 Å². The minimum Gasteiger partial charge on any atom is -0.349 e. The Morgan fingerprint density at radius 3 is 2.69 bits per heavy atom. The molecule has 0 bridgehead atoms. The van der Waals surface area contributed by atoms with Crippen LogP contribution in [0.5, 0.6) is 0 Å². The molecule has 2 aromatic heterocycles. The lowest BCUT2D eigenvalue weighted by Gasteiger charge is -2.27. The summed E-state index contributed by atoms with van der Waals surface area (Å²) in [5.74, 6) is 0.203. The molecule has 0 aliphatic carbocycles. The first kappa shape index (κ1) is 18.9. The lowest BCUT2D eigenvalue weighted by Crippen LogP contribution is -2.39. The van der Waals surface area contributed by atoms with Gasteiger partial charge >= 0.3 is 0 Å². The van der Waals surface area contributed by atoms with Gasteiger partial charge in [-0.25, -0.2) is 4.98 Å². The molecule has 4 rings (SSSR count). The quantitative estimate of drug-likeness (QED) is 0.692. The van der Waals surface area contributed by atoms with E-state index in [0.717, 1.165) is 17.0 Å². The fourth-order valence-corrected chi connectivity index (χ4v) is 3.54. The highest BCUT2D eigenvalue weighted by molar-refractivity contribution is 5.91. The van der Waals surface area contributed by atoms with Crippen LogP contribution in [0.4, 0.5) is 0 Å². The summed E-state index contributed by atoms with van der Waals surface area (Å²) in [6, 6.07) is 11.9. The Labute approximate surface area is 169 Å². The summed E-state index contributed by atoms with van der Waals surface area (Å²) >= 11 is 0. The van der Waals surface area contributed by atoms with Crippen LogP contribution in [0.2, 0.25) is 0 Å². The topological polar surface area (TPSA) is 85.0 Å². The van der Waals surface area contributed by atoms with Crippen molar-refractivity contribution in [3.05, 3.63) is 71.1 Å². The summed E-state index contributed by atoms with van der Waals surface area (Å²) < 4.78 is 3.54. The highest BCUT2D eigenvalue weighted by Gasteiger charge is 2.27. The number of carbonyl (C=O) groups is 2. The second kappa shape index (κ2) is 7.90. The van der Waals surface area contributed by atoms with Gasteiger partial charge in [0.1, 0.15) is 6.54 Å². The van der Waals surface area contributed by atoms with Crippen LogP contribution in [0.25, 0.3) is 0 Å². The number of nitrogens with one attached hydrogen (secondary N) is 1. The predicted octanol–water partition coefficient (Wildman–Crippen LogP) is 1.67. The lowest BCUT2D eigenvalue weighted by atomic mass is 10.2. The van der Waals surface area contributed by atoms with Gasteiger partial charge in [0.2, 0.25) is 5.91 Å². The molecule has 1 aliphatic heterocycles. The van der Waals surface area contributed by atoms with Crippen LogP contribution < -0.4 is 5.32 Å². The Bertz CT molecular complexity index is 1040. The molecule has 2 amide bonds. The maximum absolute atomic E-state index is 12.8. The molecule has 0 radical (unpaired) electrons. The van der Waals surface area contributed by atoms with Crippen molar-refractivity contribution in [1.29, 1.82) is 0 Å². The molecule has 29 heavy (non-hydrogen) atoms. The van der Waals surface area contributed by atoms with Crippen LogP contribution in [0.1, 0.15) is 33.3 Å². The SMILES string of the molecule is Cc1cc(C)n(CC(=O)NCc2cn3c(n2)C(=O)N(Cc2ccccc2)CC3)n1. The van der Waals surface area contributed by atoms with Crippen LogP contribution in [0, 0.1) is 13.8 Å². The molecule has 0 saturated carbocycles. The molecular formula is C21H24N6O2. The molecule has 3 heterocycles. The third-order valence-electron chi connectivity index (χ3n) is 5.00. The van der Waals surface area contributed by atoms with E-state index in [1.807, 2.05) is 65.9 Å². The number of benzene rings is 1. The molecule has 1 aliphatic rings. The van der Waals surface area contributed by atoms with Crippen molar-refractivity contribution < 1.29 is 9.59 Å². The van der Waals surface area contributed by atoms with Gasteiger partial charge in [0.05, 0.1) is 17.9 Å². The second-order valence-corrected chi connectivity index (χ2v) is 7.32. The van der Waals surface area contributed by atoms with E-state index in [9.17, 15) is 9.59 Å². The van der Waals surface area contributed by atoms with Crippen LogP contribution in [0.15, 0.2) is 42.6 Å². The van der Waals surface area contributed by atoms with Crippen molar-refractivity contribution in [1.82, 2.24) is 29.5 Å².